The second-order valence-corrected chi connectivity index (χ2v) is 6.28. The molecular formula is C16H16N3O3S-. The molecule has 1 aromatic carbocycles. The minimum Gasteiger partial charge on any atom is -0.382 e. The average Bonchev–Trinajstić information content (AvgIpc) is 3.11. The smallest absolute Gasteiger partial charge is 0.313 e. The zero-order valence-corrected chi connectivity index (χ0v) is 13.5. The van der Waals surface area contributed by atoms with Gasteiger partial charge in [-0.15, -0.1) is 17.4 Å². The topological polar surface area (TPSA) is 75.2 Å². The predicted molar refractivity (Wildman–Crippen MR) is 85.1 cm³/mol. The molecule has 1 aliphatic rings. The van der Waals surface area contributed by atoms with Crippen molar-refractivity contribution in [3.63, 3.8) is 0 Å². The van der Waals surface area contributed by atoms with Crippen LogP contribution in [0.5, 0.6) is 0 Å². The normalized spacial score (nSPS) is 19.8. The van der Waals surface area contributed by atoms with Gasteiger partial charge in [-0.25, -0.2) is 0 Å². The van der Waals surface area contributed by atoms with E-state index in [4.69, 9.17) is 14.7 Å². The number of thiazole rings is 1. The Morgan fingerprint density at radius 3 is 3.26 bits per heavy atom. The SMILES string of the molecule is COCC1O[CH-][N+](=c2cc3sc(CCCC#N)nc3c[cH-]2)C1=O. The number of fused-ring (bicyclic) bond motifs is 1. The molecule has 7 heteroatoms. The number of methoxy groups -OCH3 is 1. The Hall–Kier alpha value is -2.14. The third-order valence-corrected chi connectivity index (χ3v) is 4.61. The largest absolute Gasteiger partial charge is 0.382 e. The van der Waals surface area contributed by atoms with E-state index in [2.05, 4.69) is 11.1 Å². The summed E-state index contributed by atoms with van der Waals surface area (Å²) in [6.45, 7) is 1.67. The lowest BCUT2D eigenvalue weighted by atomic mass is 10.2. The Labute approximate surface area is 137 Å². The molecule has 23 heavy (non-hydrogen) atoms. The first kappa shape index (κ1) is 15.7. The van der Waals surface area contributed by atoms with E-state index in [0.717, 1.165) is 33.4 Å². The van der Waals surface area contributed by atoms with Gasteiger partial charge in [0.25, 0.3) is 0 Å². The first-order chi connectivity index (χ1) is 11.2. The molecule has 2 heterocycles. The van der Waals surface area contributed by atoms with E-state index in [-0.39, 0.29) is 12.5 Å². The van der Waals surface area contributed by atoms with Crippen LogP contribution in [0.2, 0.25) is 0 Å². The Bertz CT molecular complexity index is 831. The highest BCUT2D eigenvalue weighted by Crippen LogP contribution is 2.21. The molecule has 0 saturated carbocycles. The average molecular weight is 330 g/mol. The van der Waals surface area contributed by atoms with Crippen molar-refractivity contribution >= 4 is 27.5 Å². The van der Waals surface area contributed by atoms with E-state index in [0.29, 0.717) is 6.42 Å². The summed E-state index contributed by atoms with van der Waals surface area (Å²) in [6.07, 6.45) is 1.57. The van der Waals surface area contributed by atoms with E-state index >= 15 is 0 Å². The fraction of sp³-hybridized carbons (Fsp3) is 0.375. The number of aryl methyl sites for hydroxylation is 1. The highest BCUT2D eigenvalue weighted by molar-refractivity contribution is 7.18. The first-order valence-electron chi connectivity index (χ1n) is 7.30. The van der Waals surface area contributed by atoms with Crippen molar-refractivity contribution in [3.8, 4) is 6.07 Å². The lowest BCUT2D eigenvalue weighted by molar-refractivity contribution is -0.126. The minimum atomic E-state index is -0.585. The number of aromatic nitrogens is 1. The van der Waals surface area contributed by atoms with Crippen LogP contribution in [0.15, 0.2) is 18.2 Å². The van der Waals surface area contributed by atoms with Gasteiger partial charge in [-0.2, -0.15) is 17.4 Å². The predicted octanol–water partition coefficient (Wildman–Crippen LogP) is 1.32. The van der Waals surface area contributed by atoms with Gasteiger partial charge in [0.2, 0.25) is 0 Å². The molecule has 1 amide bonds. The molecule has 1 aliphatic heterocycles. The van der Waals surface area contributed by atoms with Crippen LogP contribution in [0, 0.1) is 18.1 Å². The van der Waals surface area contributed by atoms with Crippen LogP contribution in [0.4, 0.5) is 0 Å². The monoisotopic (exact) mass is 330 g/mol. The summed E-state index contributed by atoms with van der Waals surface area (Å²) in [7, 11) is 1.54. The lowest BCUT2D eigenvalue weighted by Gasteiger charge is -2.04. The number of amides is 1. The summed E-state index contributed by atoms with van der Waals surface area (Å²) in [6, 6.07) is 7.84. The zero-order chi connectivity index (χ0) is 16.2. The van der Waals surface area contributed by atoms with E-state index < -0.39 is 6.10 Å². The van der Waals surface area contributed by atoms with Gasteiger partial charge in [0, 0.05) is 18.9 Å². The fourth-order valence-corrected chi connectivity index (χ4v) is 3.43. The van der Waals surface area contributed by atoms with Gasteiger partial charge in [0.15, 0.2) is 12.8 Å². The van der Waals surface area contributed by atoms with Gasteiger partial charge in [0.1, 0.15) is 0 Å². The quantitative estimate of drug-likeness (QED) is 0.470. The van der Waals surface area contributed by atoms with Gasteiger partial charge in [-0.05, 0) is 18.4 Å². The van der Waals surface area contributed by atoms with Crippen LogP contribution in [-0.4, -0.2) is 30.7 Å². The number of benzene rings is 1. The summed E-state index contributed by atoms with van der Waals surface area (Å²) in [5, 5.41) is 10.4. The Kier molecular flexibility index (Phi) is 4.76. The molecule has 1 unspecified atom stereocenters. The van der Waals surface area contributed by atoms with E-state index in [1.54, 1.807) is 11.3 Å². The van der Waals surface area contributed by atoms with Crippen molar-refractivity contribution < 1.29 is 14.3 Å². The Balaban J connectivity index is 1.90. The third-order valence-electron chi connectivity index (χ3n) is 3.54. The number of carbonyl (C=O) groups is 1. The molecule has 0 bridgehead atoms. The van der Waals surface area contributed by atoms with Gasteiger partial charge in [-0.3, -0.25) is 9.37 Å². The van der Waals surface area contributed by atoms with E-state index in [9.17, 15) is 4.79 Å². The summed E-state index contributed by atoms with van der Waals surface area (Å²) < 4.78 is 12.8. The van der Waals surface area contributed by atoms with Crippen molar-refractivity contribution in [1.82, 2.24) is 9.56 Å². The molecule has 0 aliphatic carbocycles. The fourth-order valence-electron chi connectivity index (χ4n) is 2.39. The van der Waals surface area contributed by atoms with Crippen LogP contribution in [-0.2, 0) is 20.7 Å². The lowest BCUT2D eigenvalue weighted by Crippen LogP contribution is -2.34. The van der Waals surface area contributed by atoms with Crippen LogP contribution in [0.3, 0.4) is 0 Å². The van der Waals surface area contributed by atoms with Crippen molar-refractivity contribution in [2.75, 3.05) is 13.7 Å². The first-order valence-corrected chi connectivity index (χ1v) is 8.12. The van der Waals surface area contributed by atoms with Crippen LogP contribution >= 0.6 is 11.3 Å². The molecule has 1 fully saturated rings. The molecular weight excluding hydrogens is 314 g/mol. The summed E-state index contributed by atoms with van der Waals surface area (Å²) in [4.78, 5) is 16.8. The van der Waals surface area contributed by atoms with Gasteiger partial charge in [-0.1, -0.05) is 4.70 Å². The summed E-state index contributed by atoms with van der Waals surface area (Å²) in [5.41, 5.74) is 0.909. The molecule has 3 rings (SSSR count). The maximum atomic E-state index is 12.3. The van der Waals surface area contributed by atoms with Gasteiger partial charge < -0.3 is 14.5 Å². The van der Waals surface area contributed by atoms with Crippen LogP contribution in [0.25, 0.3) is 10.2 Å². The van der Waals surface area contributed by atoms with E-state index in [1.807, 2.05) is 18.2 Å². The number of carbonyl (C=O) groups excluding carboxylic acids is 1. The molecule has 120 valence electrons. The number of rotatable bonds is 5. The third kappa shape index (κ3) is 3.29. The van der Waals surface area contributed by atoms with Crippen molar-refractivity contribution in [2.45, 2.75) is 25.4 Å². The Morgan fingerprint density at radius 1 is 1.61 bits per heavy atom. The second-order valence-electron chi connectivity index (χ2n) is 5.17. The number of hydrogen-bond donors (Lipinski definition) is 0. The molecule has 0 spiro atoms. The number of hydrogen-bond acceptors (Lipinski definition) is 6. The van der Waals surface area contributed by atoms with Crippen LogP contribution < -0.4 is 9.93 Å². The number of nitrogens with zero attached hydrogens (tertiary/aromatic N) is 3. The van der Waals surface area contributed by atoms with Gasteiger partial charge >= 0.3 is 5.91 Å². The standard InChI is InChI=1S/C16H16N3O3S/c1-21-9-13-16(20)19(10-22-13)11-5-6-12-14(8-11)23-15(18-12)4-2-3-7-17/h5-6,8,10,13H,2-4,9H2,1H3/q-1. The zero-order valence-electron chi connectivity index (χ0n) is 12.7. The molecule has 0 N–H and O–H groups in total. The highest BCUT2D eigenvalue weighted by atomic mass is 32.1. The molecule has 0 radical (unpaired) electrons. The highest BCUT2D eigenvalue weighted by Gasteiger charge is 2.29. The number of ether oxygens (including phenoxy) is 2. The molecule has 2 aromatic rings. The van der Waals surface area contributed by atoms with Gasteiger partial charge in [0.05, 0.1) is 17.7 Å². The second kappa shape index (κ2) is 6.96. The number of nitriles is 1. The molecule has 6 nitrogen and oxygen atoms in total. The maximum absolute atomic E-state index is 12.3. The van der Waals surface area contributed by atoms with Crippen LogP contribution in [0.1, 0.15) is 17.8 Å². The molecule has 1 aromatic heterocycles. The Morgan fingerprint density at radius 2 is 2.48 bits per heavy atom. The van der Waals surface area contributed by atoms with Crippen molar-refractivity contribution in [3.05, 3.63) is 35.3 Å². The summed E-state index contributed by atoms with van der Waals surface area (Å²) in [5.74, 6) is -0.134. The molecule has 1 atom stereocenters. The van der Waals surface area contributed by atoms with Crippen molar-refractivity contribution in [1.29, 1.82) is 5.26 Å². The van der Waals surface area contributed by atoms with Crippen molar-refractivity contribution in [2.24, 2.45) is 0 Å². The number of unbranched alkanes of at least 4 members (excludes halogenated alkanes) is 1. The van der Waals surface area contributed by atoms with E-state index in [1.165, 1.54) is 18.4 Å². The maximum Gasteiger partial charge on any atom is 0.313 e. The minimum absolute atomic E-state index is 0.134. The summed E-state index contributed by atoms with van der Waals surface area (Å²) >= 11 is 1.60. The molecule has 1 saturated heterocycles.